The van der Waals surface area contributed by atoms with Crippen molar-refractivity contribution in [2.45, 2.75) is 11.4 Å². The highest BCUT2D eigenvalue weighted by molar-refractivity contribution is 7.89. The van der Waals surface area contributed by atoms with E-state index < -0.39 is 10.0 Å². The second-order valence-electron chi connectivity index (χ2n) is 6.14. The van der Waals surface area contributed by atoms with E-state index >= 15 is 0 Å². The van der Waals surface area contributed by atoms with Crippen LogP contribution in [0.3, 0.4) is 0 Å². The average Bonchev–Trinajstić information content (AvgIpc) is 2.65. The Morgan fingerprint density at radius 2 is 1.65 bits per heavy atom. The van der Waals surface area contributed by atoms with Gasteiger partial charge in [-0.2, -0.15) is 9.57 Å². The number of rotatable bonds is 4. The number of halogens is 2. The van der Waals surface area contributed by atoms with E-state index in [1.807, 2.05) is 18.2 Å². The number of quaternary nitrogens is 1. The molecule has 1 fully saturated rings. The van der Waals surface area contributed by atoms with E-state index in [1.54, 1.807) is 18.2 Å². The van der Waals surface area contributed by atoms with Crippen LogP contribution in [0, 0.1) is 11.3 Å². The summed E-state index contributed by atoms with van der Waals surface area (Å²) in [6.45, 7) is 2.73. The highest BCUT2D eigenvalue weighted by atomic mass is 35.5. The Morgan fingerprint density at radius 3 is 2.27 bits per heavy atom. The van der Waals surface area contributed by atoms with Crippen LogP contribution in [0.15, 0.2) is 47.4 Å². The van der Waals surface area contributed by atoms with Crippen molar-refractivity contribution >= 4 is 33.2 Å². The van der Waals surface area contributed by atoms with Crippen LogP contribution < -0.4 is 4.90 Å². The van der Waals surface area contributed by atoms with Gasteiger partial charge in [0.15, 0.2) is 0 Å². The van der Waals surface area contributed by atoms with Crippen LogP contribution in [0.25, 0.3) is 0 Å². The highest BCUT2D eigenvalue weighted by Crippen LogP contribution is 2.23. The SMILES string of the molecule is N#Cc1ccccc1S(=O)(=O)N1CC[NH+](Cc2c(Cl)cccc2Cl)CC1. The van der Waals surface area contributed by atoms with Crippen LogP contribution in [0.4, 0.5) is 0 Å². The molecule has 0 aliphatic carbocycles. The number of nitrogens with zero attached hydrogens (tertiary/aromatic N) is 2. The monoisotopic (exact) mass is 410 g/mol. The highest BCUT2D eigenvalue weighted by Gasteiger charge is 2.32. The van der Waals surface area contributed by atoms with Crippen molar-refractivity contribution in [2.75, 3.05) is 26.2 Å². The molecule has 1 saturated heterocycles. The van der Waals surface area contributed by atoms with Gasteiger partial charge in [0.1, 0.15) is 12.6 Å². The van der Waals surface area contributed by atoms with Gasteiger partial charge >= 0.3 is 0 Å². The zero-order valence-electron chi connectivity index (χ0n) is 14.0. The molecule has 0 spiro atoms. The number of piperazine rings is 1. The lowest BCUT2D eigenvalue weighted by molar-refractivity contribution is -0.917. The summed E-state index contributed by atoms with van der Waals surface area (Å²) in [5.74, 6) is 0. The van der Waals surface area contributed by atoms with E-state index in [-0.39, 0.29) is 10.5 Å². The minimum absolute atomic E-state index is 0.0695. The molecular formula is C18H18Cl2N3O2S+. The van der Waals surface area contributed by atoms with E-state index in [2.05, 4.69) is 0 Å². The van der Waals surface area contributed by atoms with Gasteiger partial charge in [0.2, 0.25) is 10.0 Å². The Hall–Kier alpha value is -1.62. The molecule has 1 aliphatic rings. The molecule has 8 heteroatoms. The van der Waals surface area contributed by atoms with Crippen molar-refractivity contribution in [1.82, 2.24) is 4.31 Å². The van der Waals surface area contributed by atoms with Crippen LogP contribution in [0.1, 0.15) is 11.1 Å². The second kappa shape index (κ2) is 7.95. The number of hydrogen-bond donors (Lipinski definition) is 1. The fourth-order valence-electron chi connectivity index (χ4n) is 3.09. The molecule has 0 saturated carbocycles. The maximum absolute atomic E-state index is 12.9. The smallest absolute Gasteiger partial charge is 0.244 e. The van der Waals surface area contributed by atoms with E-state index in [9.17, 15) is 13.7 Å². The Labute approximate surface area is 163 Å². The molecule has 0 amide bonds. The summed E-state index contributed by atoms with van der Waals surface area (Å²) < 4.78 is 27.2. The van der Waals surface area contributed by atoms with Gasteiger partial charge in [-0.25, -0.2) is 8.42 Å². The molecule has 1 N–H and O–H groups in total. The van der Waals surface area contributed by atoms with Crippen molar-refractivity contribution < 1.29 is 13.3 Å². The van der Waals surface area contributed by atoms with Gasteiger partial charge in [0.25, 0.3) is 0 Å². The van der Waals surface area contributed by atoms with Gasteiger partial charge in [-0.3, -0.25) is 0 Å². The lowest BCUT2D eigenvalue weighted by Crippen LogP contribution is -3.13. The van der Waals surface area contributed by atoms with Gasteiger partial charge in [0, 0.05) is 5.56 Å². The van der Waals surface area contributed by atoms with E-state index in [1.165, 1.54) is 21.3 Å². The fourth-order valence-corrected chi connectivity index (χ4v) is 5.21. The van der Waals surface area contributed by atoms with Crippen molar-refractivity contribution in [3.05, 3.63) is 63.6 Å². The minimum Gasteiger partial charge on any atom is -0.329 e. The average molecular weight is 411 g/mol. The van der Waals surface area contributed by atoms with Gasteiger partial charge in [-0.1, -0.05) is 41.4 Å². The number of nitrogens with one attached hydrogen (secondary N) is 1. The molecule has 26 heavy (non-hydrogen) atoms. The number of hydrogen-bond acceptors (Lipinski definition) is 3. The predicted molar refractivity (Wildman–Crippen MR) is 101 cm³/mol. The van der Waals surface area contributed by atoms with E-state index in [0.29, 0.717) is 42.8 Å². The molecule has 0 atom stereocenters. The summed E-state index contributed by atoms with van der Waals surface area (Å²) in [6.07, 6.45) is 0. The summed E-state index contributed by atoms with van der Waals surface area (Å²) in [4.78, 5) is 1.29. The van der Waals surface area contributed by atoms with Crippen LogP contribution >= 0.6 is 23.2 Å². The maximum Gasteiger partial charge on any atom is 0.244 e. The summed E-state index contributed by atoms with van der Waals surface area (Å²) in [6, 6.07) is 13.7. The van der Waals surface area contributed by atoms with Gasteiger partial charge < -0.3 is 4.90 Å². The molecule has 136 valence electrons. The first-order valence-electron chi connectivity index (χ1n) is 8.19. The Kier molecular flexibility index (Phi) is 5.86. The van der Waals surface area contributed by atoms with Crippen molar-refractivity contribution in [2.24, 2.45) is 0 Å². The molecule has 0 unspecified atom stereocenters. The van der Waals surface area contributed by atoms with Crippen LogP contribution in [-0.4, -0.2) is 38.9 Å². The molecule has 0 radical (unpaired) electrons. The number of benzene rings is 2. The van der Waals surface area contributed by atoms with Crippen LogP contribution in [0.2, 0.25) is 10.0 Å². The molecule has 0 bridgehead atoms. The zero-order valence-corrected chi connectivity index (χ0v) is 16.3. The van der Waals surface area contributed by atoms with E-state index in [0.717, 1.165) is 5.56 Å². The van der Waals surface area contributed by atoms with Gasteiger partial charge in [-0.05, 0) is 24.3 Å². The van der Waals surface area contributed by atoms with Gasteiger partial charge in [0.05, 0.1) is 46.7 Å². The summed E-state index contributed by atoms with van der Waals surface area (Å²) in [7, 11) is -3.67. The summed E-state index contributed by atoms with van der Waals surface area (Å²) in [5.41, 5.74) is 1.06. The molecule has 0 aromatic heterocycles. The third kappa shape index (κ3) is 3.88. The Balaban J connectivity index is 1.71. The van der Waals surface area contributed by atoms with Crippen molar-refractivity contribution in [3.63, 3.8) is 0 Å². The standard InChI is InChI=1S/C18H17Cl2N3O2S/c19-16-5-3-6-17(20)15(16)13-22-8-10-23(11-9-22)26(24,25)18-7-2-1-4-14(18)12-21/h1-7H,8-11,13H2/p+1. The first-order valence-corrected chi connectivity index (χ1v) is 10.4. The molecule has 3 rings (SSSR count). The molecule has 1 heterocycles. The van der Waals surface area contributed by atoms with E-state index in [4.69, 9.17) is 23.2 Å². The molecule has 5 nitrogen and oxygen atoms in total. The third-order valence-electron chi connectivity index (χ3n) is 4.54. The van der Waals surface area contributed by atoms with Crippen molar-refractivity contribution in [3.8, 4) is 6.07 Å². The van der Waals surface area contributed by atoms with Crippen LogP contribution in [0.5, 0.6) is 0 Å². The Bertz CT molecular complexity index is 929. The van der Waals surface area contributed by atoms with Crippen LogP contribution in [-0.2, 0) is 16.6 Å². The first-order chi connectivity index (χ1) is 12.4. The lowest BCUT2D eigenvalue weighted by atomic mass is 10.2. The molecule has 2 aromatic carbocycles. The first kappa shape index (κ1) is 19.2. The molecule has 2 aromatic rings. The van der Waals surface area contributed by atoms with Crippen molar-refractivity contribution in [1.29, 1.82) is 5.26 Å². The maximum atomic E-state index is 12.9. The lowest BCUT2D eigenvalue weighted by Gasteiger charge is -2.32. The predicted octanol–water partition coefficient (Wildman–Crippen LogP) is 1.95. The van der Waals surface area contributed by atoms with Gasteiger partial charge in [-0.15, -0.1) is 0 Å². The second-order valence-corrected chi connectivity index (χ2v) is 8.86. The minimum atomic E-state index is -3.67. The largest absolute Gasteiger partial charge is 0.329 e. The number of nitriles is 1. The normalized spacial score (nSPS) is 16.3. The topological polar surface area (TPSA) is 65.6 Å². The molecule has 1 aliphatic heterocycles. The molecular weight excluding hydrogens is 393 g/mol. The number of sulfonamides is 1. The summed E-state index contributed by atoms with van der Waals surface area (Å²) >= 11 is 12.5. The Morgan fingerprint density at radius 1 is 1.04 bits per heavy atom. The fraction of sp³-hybridized carbons (Fsp3) is 0.278. The third-order valence-corrected chi connectivity index (χ3v) is 7.21. The quantitative estimate of drug-likeness (QED) is 0.837. The zero-order chi connectivity index (χ0) is 18.7. The summed E-state index contributed by atoms with van der Waals surface area (Å²) in [5, 5.41) is 10.4.